The summed E-state index contributed by atoms with van der Waals surface area (Å²) < 4.78 is 13.3. The molecule has 0 heterocycles. The lowest BCUT2D eigenvalue weighted by Gasteiger charge is -2.01. The molecule has 3 nitrogen and oxygen atoms in total. The third-order valence-corrected chi connectivity index (χ3v) is 2.28. The quantitative estimate of drug-likeness (QED) is 0.745. The Bertz CT molecular complexity index is 416. The summed E-state index contributed by atoms with van der Waals surface area (Å²) in [5, 5.41) is 11.6. The maximum absolute atomic E-state index is 13.3. The van der Waals surface area contributed by atoms with E-state index in [4.69, 9.17) is 5.11 Å². The number of aliphatic carboxylic acids is 1. The molecule has 0 aliphatic carbocycles. The highest BCUT2D eigenvalue weighted by atomic mass is 19.1. The Morgan fingerprint density at radius 3 is 2.94 bits per heavy atom. The van der Waals surface area contributed by atoms with E-state index in [1.165, 1.54) is 6.07 Å². The number of nitrogens with one attached hydrogen (secondary N) is 1. The lowest BCUT2D eigenvalue weighted by molar-refractivity contribution is -0.136. The Hall–Kier alpha value is -1.68. The minimum absolute atomic E-state index is 0.216. The van der Waals surface area contributed by atoms with Crippen LogP contribution in [0.3, 0.4) is 0 Å². The van der Waals surface area contributed by atoms with E-state index in [1.54, 1.807) is 12.1 Å². The first-order valence-electron chi connectivity index (χ1n) is 5.45. The summed E-state index contributed by atoms with van der Waals surface area (Å²) in [5.41, 5.74) is 1.03. The maximum Gasteiger partial charge on any atom is 0.307 e. The number of carbonyl (C=O) groups is 1. The minimum atomic E-state index is -1.03. The fourth-order valence-electron chi connectivity index (χ4n) is 1.44. The van der Waals surface area contributed by atoms with Crippen molar-refractivity contribution in [2.24, 2.45) is 0 Å². The van der Waals surface area contributed by atoms with Crippen LogP contribution in [0.5, 0.6) is 0 Å². The second kappa shape index (κ2) is 6.81. The largest absolute Gasteiger partial charge is 0.481 e. The number of hydrogen-bond acceptors (Lipinski definition) is 2. The molecule has 92 valence electrons. The lowest BCUT2D eigenvalue weighted by Crippen LogP contribution is -2.05. The van der Waals surface area contributed by atoms with E-state index in [9.17, 15) is 9.18 Å². The average molecular weight is 237 g/mol. The predicted octanol–water partition coefficient (Wildman–Crippen LogP) is 2.08. The molecule has 0 saturated carbocycles. The van der Waals surface area contributed by atoms with E-state index in [0.717, 1.165) is 18.5 Å². The van der Waals surface area contributed by atoms with E-state index in [-0.39, 0.29) is 12.0 Å². The number of halogens is 1. The second-order valence-corrected chi connectivity index (χ2v) is 3.72. The molecule has 2 N–H and O–H groups in total. The van der Waals surface area contributed by atoms with Gasteiger partial charge in [-0.2, -0.15) is 0 Å². The fraction of sp³-hybridized carbons (Fsp3) is 0.308. The molecule has 0 saturated heterocycles. The van der Waals surface area contributed by atoms with Crippen molar-refractivity contribution in [2.75, 3.05) is 13.6 Å². The normalized spacial score (nSPS) is 10.9. The topological polar surface area (TPSA) is 49.3 Å². The first-order valence-corrected chi connectivity index (χ1v) is 5.45. The molecule has 0 aliphatic rings. The zero-order valence-electron chi connectivity index (χ0n) is 9.74. The highest BCUT2D eigenvalue weighted by molar-refractivity contribution is 5.70. The predicted molar refractivity (Wildman–Crippen MR) is 65.3 cm³/mol. The van der Waals surface area contributed by atoms with Crippen LogP contribution in [0.4, 0.5) is 4.39 Å². The number of benzene rings is 1. The van der Waals surface area contributed by atoms with Crippen molar-refractivity contribution in [1.82, 2.24) is 5.32 Å². The fourth-order valence-corrected chi connectivity index (χ4v) is 1.44. The molecule has 1 aromatic carbocycles. The standard InChI is InChI=1S/C13H16FNO2/c1-15-7-3-2-4-10-5-6-12(14)11(8-10)9-13(16)17/h2,4-6,8,15H,3,7,9H2,1H3,(H,16,17). The lowest BCUT2D eigenvalue weighted by atomic mass is 10.1. The van der Waals surface area contributed by atoms with Gasteiger partial charge in [-0.05, 0) is 43.3 Å². The molecule has 0 aliphatic heterocycles. The van der Waals surface area contributed by atoms with Crippen LogP contribution >= 0.6 is 0 Å². The summed E-state index contributed by atoms with van der Waals surface area (Å²) in [5.74, 6) is -1.50. The van der Waals surface area contributed by atoms with Crippen molar-refractivity contribution < 1.29 is 14.3 Å². The van der Waals surface area contributed by atoms with Crippen molar-refractivity contribution in [3.05, 3.63) is 41.2 Å². The van der Waals surface area contributed by atoms with Gasteiger partial charge < -0.3 is 10.4 Å². The summed E-state index contributed by atoms with van der Waals surface area (Å²) in [6.45, 7) is 0.875. The molecule has 4 heteroatoms. The van der Waals surface area contributed by atoms with Crippen LogP contribution in [0, 0.1) is 5.82 Å². The molecule has 1 aromatic rings. The number of carboxylic acid groups (broad SMARTS) is 1. The first-order chi connectivity index (χ1) is 8.13. The third kappa shape index (κ3) is 4.78. The number of carboxylic acids is 1. The Morgan fingerprint density at radius 1 is 1.53 bits per heavy atom. The van der Waals surface area contributed by atoms with Gasteiger partial charge in [0.05, 0.1) is 6.42 Å². The van der Waals surface area contributed by atoms with E-state index in [0.29, 0.717) is 0 Å². The van der Waals surface area contributed by atoms with Gasteiger partial charge in [-0.15, -0.1) is 0 Å². The van der Waals surface area contributed by atoms with Gasteiger partial charge in [-0.1, -0.05) is 18.2 Å². The average Bonchev–Trinajstić information content (AvgIpc) is 2.28. The smallest absolute Gasteiger partial charge is 0.307 e. The maximum atomic E-state index is 13.3. The summed E-state index contributed by atoms with van der Waals surface area (Å²) in [4.78, 5) is 10.5. The molecular formula is C13H16FNO2. The molecule has 0 amide bonds. The molecule has 0 atom stereocenters. The molecule has 1 rings (SSSR count). The zero-order valence-corrected chi connectivity index (χ0v) is 9.74. The van der Waals surface area contributed by atoms with Crippen molar-refractivity contribution in [3.8, 4) is 0 Å². The number of hydrogen-bond donors (Lipinski definition) is 2. The minimum Gasteiger partial charge on any atom is -0.481 e. The van der Waals surface area contributed by atoms with Gasteiger partial charge in [0, 0.05) is 0 Å². The Labute approximate surface area is 100.0 Å². The van der Waals surface area contributed by atoms with Gasteiger partial charge in [-0.3, -0.25) is 4.79 Å². The van der Waals surface area contributed by atoms with Gasteiger partial charge in [0.2, 0.25) is 0 Å². The van der Waals surface area contributed by atoms with Crippen LogP contribution in [0.25, 0.3) is 6.08 Å². The number of rotatable bonds is 6. The second-order valence-electron chi connectivity index (χ2n) is 3.72. The van der Waals surface area contributed by atoms with Crippen molar-refractivity contribution >= 4 is 12.0 Å². The van der Waals surface area contributed by atoms with Crippen LogP contribution in [-0.2, 0) is 11.2 Å². The molecule has 0 aromatic heterocycles. The first kappa shape index (κ1) is 13.4. The van der Waals surface area contributed by atoms with E-state index < -0.39 is 11.8 Å². The molecule has 0 bridgehead atoms. The molecule has 0 fully saturated rings. The molecule has 0 spiro atoms. The van der Waals surface area contributed by atoms with E-state index >= 15 is 0 Å². The summed E-state index contributed by atoms with van der Waals surface area (Å²) in [7, 11) is 1.87. The Kier molecular flexibility index (Phi) is 5.36. The van der Waals surface area contributed by atoms with E-state index in [1.807, 2.05) is 19.2 Å². The van der Waals surface area contributed by atoms with Crippen LogP contribution in [0.15, 0.2) is 24.3 Å². The van der Waals surface area contributed by atoms with E-state index in [2.05, 4.69) is 5.32 Å². The summed E-state index contributed by atoms with van der Waals surface area (Å²) >= 11 is 0. The molecular weight excluding hydrogens is 221 g/mol. The van der Waals surface area contributed by atoms with Crippen molar-refractivity contribution in [3.63, 3.8) is 0 Å². The highest BCUT2D eigenvalue weighted by Gasteiger charge is 2.06. The van der Waals surface area contributed by atoms with Gasteiger partial charge >= 0.3 is 5.97 Å². The SMILES string of the molecule is CNCCC=Cc1ccc(F)c(CC(=O)O)c1. The Balaban J connectivity index is 2.74. The zero-order chi connectivity index (χ0) is 12.7. The summed E-state index contributed by atoms with van der Waals surface area (Å²) in [6.07, 6.45) is 4.42. The molecule has 0 radical (unpaired) electrons. The van der Waals surface area contributed by atoms with Crippen LogP contribution in [0.2, 0.25) is 0 Å². The highest BCUT2D eigenvalue weighted by Crippen LogP contribution is 2.13. The van der Waals surface area contributed by atoms with Gasteiger partial charge in [-0.25, -0.2) is 4.39 Å². The summed E-state index contributed by atoms with van der Waals surface area (Å²) in [6, 6.07) is 4.51. The van der Waals surface area contributed by atoms with Gasteiger partial charge in [0.1, 0.15) is 5.82 Å². The van der Waals surface area contributed by atoms with Gasteiger partial charge in [0.15, 0.2) is 0 Å². The van der Waals surface area contributed by atoms with Crippen LogP contribution in [-0.4, -0.2) is 24.7 Å². The van der Waals surface area contributed by atoms with Gasteiger partial charge in [0.25, 0.3) is 0 Å². The molecule has 0 unspecified atom stereocenters. The van der Waals surface area contributed by atoms with Crippen molar-refractivity contribution in [2.45, 2.75) is 12.8 Å². The Morgan fingerprint density at radius 2 is 2.29 bits per heavy atom. The van der Waals surface area contributed by atoms with Crippen molar-refractivity contribution in [1.29, 1.82) is 0 Å². The molecule has 17 heavy (non-hydrogen) atoms. The van der Waals surface area contributed by atoms with Crippen LogP contribution < -0.4 is 5.32 Å². The monoisotopic (exact) mass is 237 g/mol. The third-order valence-electron chi connectivity index (χ3n) is 2.28. The van der Waals surface area contributed by atoms with Crippen LogP contribution in [0.1, 0.15) is 17.5 Å².